The van der Waals surface area contributed by atoms with E-state index in [9.17, 15) is 0 Å². The Labute approximate surface area is 171 Å². The average Bonchev–Trinajstić information content (AvgIpc) is 3.05. The van der Waals surface area contributed by atoms with E-state index in [1.54, 1.807) is 11.3 Å². The molecule has 0 atom stereocenters. The molecule has 1 aliphatic carbocycles. The molecular formula is C19H27IN4S. The SMILES string of the molecule is CCc1cnc(CNC(=NC)NCC2(c3ccccc3)CCC2)s1.I. The number of benzene rings is 1. The predicted octanol–water partition coefficient (Wildman–Crippen LogP) is 4.11. The Hall–Kier alpha value is -1.15. The number of aliphatic imine (C=N–C) groups is 1. The van der Waals surface area contributed by atoms with Gasteiger partial charge in [-0.2, -0.15) is 0 Å². The molecule has 0 spiro atoms. The lowest BCUT2D eigenvalue weighted by Gasteiger charge is -2.43. The standard InChI is InChI=1S/C19H26N4S.HI/c1-3-16-12-21-17(24-16)13-22-18(20-2)23-14-19(10-7-11-19)15-8-5-4-6-9-15;/h4-6,8-9,12H,3,7,10-11,13-14H2,1-2H3,(H2,20,22,23);1H. The third kappa shape index (κ3) is 4.94. The Morgan fingerprint density at radius 2 is 2.00 bits per heavy atom. The molecule has 2 N–H and O–H groups in total. The fraction of sp³-hybridized carbons (Fsp3) is 0.474. The van der Waals surface area contributed by atoms with Crippen LogP contribution in [0.2, 0.25) is 0 Å². The number of guanidine groups is 1. The quantitative estimate of drug-likeness (QED) is 0.380. The van der Waals surface area contributed by atoms with Crippen molar-refractivity contribution in [1.82, 2.24) is 15.6 Å². The summed E-state index contributed by atoms with van der Waals surface area (Å²) < 4.78 is 0. The fourth-order valence-corrected chi connectivity index (χ4v) is 3.99. The van der Waals surface area contributed by atoms with Crippen molar-refractivity contribution in [3.05, 3.63) is 52.0 Å². The van der Waals surface area contributed by atoms with Crippen molar-refractivity contribution >= 4 is 41.3 Å². The zero-order valence-corrected chi connectivity index (χ0v) is 18.1. The topological polar surface area (TPSA) is 49.3 Å². The Balaban J connectivity index is 0.00000225. The Morgan fingerprint density at radius 1 is 1.24 bits per heavy atom. The minimum absolute atomic E-state index is 0. The summed E-state index contributed by atoms with van der Waals surface area (Å²) >= 11 is 1.77. The van der Waals surface area contributed by atoms with E-state index in [-0.39, 0.29) is 29.4 Å². The van der Waals surface area contributed by atoms with Gasteiger partial charge >= 0.3 is 0 Å². The number of nitrogens with zero attached hydrogens (tertiary/aromatic N) is 2. The van der Waals surface area contributed by atoms with Crippen LogP contribution in [-0.2, 0) is 18.4 Å². The molecule has 0 saturated heterocycles. The van der Waals surface area contributed by atoms with Crippen molar-refractivity contribution in [3.63, 3.8) is 0 Å². The average molecular weight is 470 g/mol. The Morgan fingerprint density at radius 3 is 2.56 bits per heavy atom. The van der Waals surface area contributed by atoms with Crippen molar-refractivity contribution < 1.29 is 0 Å². The van der Waals surface area contributed by atoms with Gasteiger partial charge in [-0.15, -0.1) is 35.3 Å². The number of aryl methyl sites for hydroxylation is 1. The van der Waals surface area contributed by atoms with E-state index >= 15 is 0 Å². The van der Waals surface area contributed by atoms with Crippen LogP contribution in [0.3, 0.4) is 0 Å². The molecule has 1 aromatic heterocycles. The van der Waals surface area contributed by atoms with Crippen molar-refractivity contribution in [1.29, 1.82) is 0 Å². The minimum Gasteiger partial charge on any atom is -0.356 e. The largest absolute Gasteiger partial charge is 0.356 e. The molecule has 0 radical (unpaired) electrons. The molecule has 1 aliphatic rings. The maximum Gasteiger partial charge on any atom is 0.191 e. The molecule has 2 aromatic rings. The van der Waals surface area contributed by atoms with E-state index in [4.69, 9.17) is 0 Å². The molecule has 136 valence electrons. The van der Waals surface area contributed by atoms with E-state index < -0.39 is 0 Å². The smallest absolute Gasteiger partial charge is 0.191 e. The number of nitrogens with one attached hydrogen (secondary N) is 2. The van der Waals surface area contributed by atoms with Crippen molar-refractivity contribution in [3.8, 4) is 0 Å². The van der Waals surface area contributed by atoms with Crippen molar-refractivity contribution in [2.24, 2.45) is 4.99 Å². The van der Waals surface area contributed by atoms with Crippen LogP contribution in [0.5, 0.6) is 0 Å². The first-order chi connectivity index (χ1) is 11.8. The van der Waals surface area contributed by atoms with Crippen LogP contribution in [0.1, 0.15) is 41.6 Å². The molecule has 1 fully saturated rings. The predicted molar refractivity (Wildman–Crippen MR) is 117 cm³/mol. The highest BCUT2D eigenvalue weighted by Gasteiger charge is 2.38. The first-order valence-corrected chi connectivity index (χ1v) is 9.51. The summed E-state index contributed by atoms with van der Waals surface area (Å²) in [5.41, 5.74) is 1.70. The molecule has 0 aliphatic heterocycles. The highest BCUT2D eigenvalue weighted by Crippen LogP contribution is 2.43. The molecule has 0 bridgehead atoms. The molecule has 0 amide bonds. The number of thiazole rings is 1. The van der Waals surface area contributed by atoms with E-state index in [0.29, 0.717) is 0 Å². The third-order valence-electron chi connectivity index (χ3n) is 4.87. The van der Waals surface area contributed by atoms with Crippen LogP contribution >= 0.6 is 35.3 Å². The monoisotopic (exact) mass is 470 g/mol. The lowest BCUT2D eigenvalue weighted by molar-refractivity contribution is 0.244. The molecule has 3 rings (SSSR count). The Bertz CT molecular complexity index is 680. The molecule has 1 heterocycles. The fourth-order valence-electron chi connectivity index (χ4n) is 3.19. The summed E-state index contributed by atoms with van der Waals surface area (Å²) in [4.78, 5) is 10.1. The normalized spacial score (nSPS) is 15.8. The van der Waals surface area contributed by atoms with E-state index in [2.05, 4.69) is 57.9 Å². The molecule has 0 unspecified atom stereocenters. The van der Waals surface area contributed by atoms with E-state index in [1.807, 2.05) is 13.2 Å². The van der Waals surface area contributed by atoms with E-state index in [0.717, 1.165) is 30.5 Å². The van der Waals surface area contributed by atoms with Crippen LogP contribution in [-0.4, -0.2) is 24.5 Å². The maximum absolute atomic E-state index is 4.45. The highest BCUT2D eigenvalue weighted by atomic mass is 127. The molecule has 4 nitrogen and oxygen atoms in total. The molecule has 1 saturated carbocycles. The molecular weight excluding hydrogens is 443 g/mol. The second-order valence-corrected chi connectivity index (χ2v) is 7.55. The first kappa shape index (κ1) is 20.2. The van der Waals surface area contributed by atoms with Gasteiger partial charge in [-0.3, -0.25) is 4.99 Å². The zero-order valence-electron chi connectivity index (χ0n) is 14.9. The lowest BCUT2D eigenvalue weighted by atomic mass is 9.64. The number of rotatable bonds is 6. The van der Waals surface area contributed by atoms with Gasteiger partial charge in [0.2, 0.25) is 0 Å². The van der Waals surface area contributed by atoms with E-state index in [1.165, 1.54) is 29.7 Å². The summed E-state index contributed by atoms with van der Waals surface area (Å²) in [5.74, 6) is 0.852. The van der Waals surface area contributed by atoms with Crippen LogP contribution in [0, 0.1) is 0 Å². The van der Waals surface area contributed by atoms with Gasteiger partial charge in [0, 0.05) is 30.1 Å². The van der Waals surface area contributed by atoms with Gasteiger partial charge in [-0.1, -0.05) is 43.7 Å². The minimum atomic E-state index is 0. The number of hydrogen-bond acceptors (Lipinski definition) is 3. The number of hydrogen-bond donors (Lipinski definition) is 2. The van der Waals surface area contributed by atoms with Crippen LogP contribution in [0.15, 0.2) is 41.5 Å². The van der Waals surface area contributed by atoms with Gasteiger partial charge in [0.1, 0.15) is 5.01 Å². The summed E-state index contributed by atoms with van der Waals surface area (Å²) in [6.45, 7) is 3.81. The lowest BCUT2D eigenvalue weighted by Crippen LogP contribution is -2.48. The van der Waals surface area contributed by atoms with Crippen LogP contribution in [0.4, 0.5) is 0 Å². The van der Waals surface area contributed by atoms with Gasteiger partial charge in [0.05, 0.1) is 6.54 Å². The van der Waals surface area contributed by atoms with Gasteiger partial charge in [0.15, 0.2) is 5.96 Å². The second-order valence-electron chi connectivity index (χ2n) is 6.35. The summed E-state index contributed by atoms with van der Waals surface area (Å²) in [6, 6.07) is 10.9. The summed E-state index contributed by atoms with van der Waals surface area (Å²) in [7, 11) is 1.82. The van der Waals surface area contributed by atoms with Gasteiger partial charge in [-0.25, -0.2) is 4.98 Å². The number of halogens is 1. The number of aromatic nitrogens is 1. The maximum atomic E-state index is 4.45. The van der Waals surface area contributed by atoms with Gasteiger partial charge in [-0.05, 0) is 24.8 Å². The summed E-state index contributed by atoms with van der Waals surface area (Å²) in [6.07, 6.45) is 6.81. The van der Waals surface area contributed by atoms with Crippen molar-refractivity contribution in [2.45, 2.75) is 44.6 Å². The van der Waals surface area contributed by atoms with Gasteiger partial charge < -0.3 is 10.6 Å². The van der Waals surface area contributed by atoms with Crippen LogP contribution in [0.25, 0.3) is 0 Å². The first-order valence-electron chi connectivity index (χ1n) is 8.69. The summed E-state index contributed by atoms with van der Waals surface area (Å²) in [5, 5.41) is 8.01. The van der Waals surface area contributed by atoms with Crippen molar-refractivity contribution in [2.75, 3.05) is 13.6 Å². The van der Waals surface area contributed by atoms with Gasteiger partial charge in [0.25, 0.3) is 0 Å². The Kier molecular flexibility index (Phi) is 7.68. The third-order valence-corrected chi connectivity index (χ3v) is 6.01. The highest BCUT2D eigenvalue weighted by molar-refractivity contribution is 14.0. The molecule has 1 aromatic carbocycles. The second kappa shape index (κ2) is 9.52. The zero-order chi connectivity index (χ0) is 16.8. The van der Waals surface area contributed by atoms with Crippen LogP contribution < -0.4 is 10.6 Å². The molecule has 6 heteroatoms. The molecule has 25 heavy (non-hydrogen) atoms.